The Morgan fingerprint density at radius 3 is 2.73 bits per heavy atom. The van der Waals surface area contributed by atoms with Gasteiger partial charge in [0.2, 0.25) is 0 Å². The Kier molecular flexibility index (Phi) is 3.72. The number of H-pyrrole nitrogens is 1. The van der Waals surface area contributed by atoms with Crippen LogP contribution in [0.25, 0.3) is 5.70 Å². The van der Waals surface area contributed by atoms with Crippen LogP contribution in [0.5, 0.6) is 0 Å². The molecular weight excluding hydrogens is 274 g/mol. The highest BCUT2D eigenvalue weighted by Crippen LogP contribution is 2.35. The van der Waals surface area contributed by atoms with Crippen molar-refractivity contribution in [3.63, 3.8) is 0 Å². The zero-order valence-electron chi connectivity index (χ0n) is 13.6. The second-order valence-corrected chi connectivity index (χ2v) is 6.66. The lowest BCUT2D eigenvalue weighted by Crippen LogP contribution is -2.38. The summed E-state index contributed by atoms with van der Waals surface area (Å²) in [7, 11) is 0. The van der Waals surface area contributed by atoms with Gasteiger partial charge in [-0.15, -0.1) is 0 Å². The van der Waals surface area contributed by atoms with Crippen molar-refractivity contribution < 1.29 is 0 Å². The smallest absolute Gasteiger partial charge is 0.149 e. The Morgan fingerprint density at radius 2 is 2.14 bits per heavy atom. The lowest BCUT2D eigenvalue weighted by atomic mass is 9.76. The predicted molar refractivity (Wildman–Crippen MR) is 90.7 cm³/mol. The Hall–Kier alpha value is -2.17. The van der Waals surface area contributed by atoms with Gasteiger partial charge in [-0.05, 0) is 50.2 Å². The molecule has 3 rings (SSSR count). The average Bonchev–Trinajstić information content (AvgIpc) is 2.77. The molecule has 1 aliphatic heterocycles. The van der Waals surface area contributed by atoms with Crippen LogP contribution in [0.1, 0.15) is 36.7 Å². The van der Waals surface area contributed by atoms with Crippen molar-refractivity contribution in [2.45, 2.75) is 33.6 Å². The molecule has 1 aromatic rings. The van der Waals surface area contributed by atoms with Crippen molar-refractivity contribution in [2.24, 2.45) is 28.3 Å². The van der Waals surface area contributed by atoms with Gasteiger partial charge >= 0.3 is 0 Å². The summed E-state index contributed by atoms with van der Waals surface area (Å²) in [5.74, 6) is 2.03. The van der Waals surface area contributed by atoms with Crippen LogP contribution >= 0.6 is 0 Å². The monoisotopic (exact) mass is 299 g/mol. The van der Waals surface area contributed by atoms with Crippen LogP contribution in [-0.2, 0) is 0 Å². The molecule has 1 saturated carbocycles. The van der Waals surface area contributed by atoms with Crippen LogP contribution in [-0.4, -0.2) is 22.3 Å². The number of aromatic nitrogens is 1. The molecule has 1 aromatic heterocycles. The molecule has 5 heteroatoms. The van der Waals surface area contributed by atoms with Crippen LogP contribution in [0.15, 0.2) is 29.2 Å². The van der Waals surface area contributed by atoms with E-state index in [1.165, 1.54) is 18.4 Å². The van der Waals surface area contributed by atoms with Gasteiger partial charge in [-0.1, -0.05) is 6.92 Å². The van der Waals surface area contributed by atoms with Gasteiger partial charge in [0, 0.05) is 24.6 Å². The molecule has 0 amide bonds. The van der Waals surface area contributed by atoms with E-state index in [1.807, 2.05) is 13.1 Å². The summed E-state index contributed by atoms with van der Waals surface area (Å²) < 4.78 is 0. The first-order valence-electron chi connectivity index (χ1n) is 7.89. The average molecular weight is 299 g/mol. The van der Waals surface area contributed by atoms with Crippen molar-refractivity contribution in [1.29, 1.82) is 0 Å². The zero-order chi connectivity index (χ0) is 15.9. The van der Waals surface area contributed by atoms with E-state index in [1.54, 1.807) is 6.20 Å². The van der Waals surface area contributed by atoms with Crippen molar-refractivity contribution in [3.8, 4) is 0 Å². The number of rotatable bonds is 3. The number of hydrogen-bond donors (Lipinski definition) is 3. The summed E-state index contributed by atoms with van der Waals surface area (Å²) in [6, 6.07) is 2.06. The van der Waals surface area contributed by atoms with Gasteiger partial charge in [0.25, 0.3) is 0 Å². The molecule has 0 radical (unpaired) electrons. The molecule has 2 aliphatic rings. The number of nitrogens with zero attached hydrogens (tertiary/aromatic N) is 2. The largest absolute Gasteiger partial charge is 0.395 e. The molecule has 118 valence electrons. The SMILES string of the molecule is Cc1cc(/C(N)=C2\C(N)=NC=CN2CC2CC(C)C2)[nH]c1C. The first-order valence-corrected chi connectivity index (χ1v) is 7.89. The maximum Gasteiger partial charge on any atom is 0.149 e. The fraction of sp³-hybridized carbons (Fsp3) is 0.471. The Labute approximate surface area is 131 Å². The van der Waals surface area contributed by atoms with Crippen LogP contribution < -0.4 is 11.5 Å². The van der Waals surface area contributed by atoms with Crippen LogP contribution in [0.2, 0.25) is 0 Å². The standard InChI is InChI=1S/C17H25N5/c1-10-6-13(7-10)9-22-5-4-20-17(19)16(22)15(18)14-8-11(2)12(3)21-14/h4-5,8,10,13,21H,6-7,9,18H2,1-3H3,(H2,19,20)/b16-15-. The fourth-order valence-corrected chi connectivity index (χ4v) is 3.35. The number of nitrogens with one attached hydrogen (secondary N) is 1. The highest BCUT2D eigenvalue weighted by Gasteiger charge is 2.29. The summed E-state index contributed by atoms with van der Waals surface area (Å²) in [6.45, 7) is 7.36. The summed E-state index contributed by atoms with van der Waals surface area (Å²) in [5, 5.41) is 0. The third-order valence-corrected chi connectivity index (χ3v) is 4.74. The van der Waals surface area contributed by atoms with E-state index in [0.717, 1.165) is 29.5 Å². The number of amidine groups is 1. The van der Waals surface area contributed by atoms with Gasteiger partial charge in [0.05, 0.1) is 11.4 Å². The molecule has 5 N–H and O–H groups in total. The molecule has 1 aliphatic carbocycles. The van der Waals surface area contributed by atoms with E-state index in [0.29, 0.717) is 17.5 Å². The summed E-state index contributed by atoms with van der Waals surface area (Å²) in [5.41, 5.74) is 17.2. The van der Waals surface area contributed by atoms with Crippen molar-refractivity contribution in [1.82, 2.24) is 9.88 Å². The molecular formula is C17H25N5. The van der Waals surface area contributed by atoms with E-state index in [2.05, 4.69) is 34.8 Å². The molecule has 0 bridgehead atoms. The fourth-order valence-electron chi connectivity index (χ4n) is 3.35. The second kappa shape index (κ2) is 5.55. The molecule has 2 heterocycles. The topological polar surface area (TPSA) is 83.4 Å². The van der Waals surface area contributed by atoms with Gasteiger partial charge in [-0.25, -0.2) is 4.99 Å². The van der Waals surface area contributed by atoms with Crippen molar-refractivity contribution in [3.05, 3.63) is 41.1 Å². The summed E-state index contributed by atoms with van der Waals surface area (Å²) >= 11 is 0. The highest BCUT2D eigenvalue weighted by molar-refractivity contribution is 6.03. The minimum Gasteiger partial charge on any atom is -0.395 e. The quantitative estimate of drug-likeness (QED) is 0.801. The minimum absolute atomic E-state index is 0.484. The minimum atomic E-state index is 0.484. The Balaban J connectivity index is 1.90. The molecule has 1 fully saturated rings. The number of nitrogens with two attached hydrogens (primary N) is 2. The van der Waals surface area contributed by atoms with Gasteiger partial charge < -0.3 is 21.4 Å². The Bertz CT molecular complexity index is 639. The zero-order valence-corrected chi connectivity index (χ0v) is 13.6. The predicted octanol–water partition coefficient (Wildman–Crippen LogP) is 2.45. The molecule has 0 aromatic carbocycles. The second-order valence-electron chi connectivity index (χ2n) is 6.66. The van der Waals surface area contributed by atoms with Crippen LogP contribution in [0.3, 0.4) is 0 Å². The molecule has 0 spiro atoms. The summed E-state index contributed by atoms with van der Waals surface area (Å²) in [4.78, 5) is 9.70. The number of aromatic amines is 1. The Morgan fingerprint density at radius 1 is 1.41 bits per heavy atom. The van der Waals surface area contributed by atoms with Gasteiger partial charge in [-0.2, -0.15) is 0 Å². The molecule has 22 heavy (non-hydrogen) atoms. The maximum atomic E-state index is 6.41. The van der Waals surface area contributed by atoms with E-state index < -0.39 is 0 Å². The highest BCUT2D eigenvalue weighted by atomic mass is 15.2. The van der Waals surface area contributed by atoms with Crippen LogP contribution in [0, 0.1) is 25.7 Å². The third kappa shape index (κ3) is 2.63. The molecule has 0 atom stereocenters. The molecule has 5 nitrogen and oxygen atoms in total. The number of aryl methyl sites for hydroxylation is 2. The first-order chi connectivity index (χ1) is 10.5. The lowest BCUT2D eigenvalue weighted by molar-refractivity contribution is 0.178. The van der Waals surface area contributed by atoms with E-state index in [4.69, 9.17) is 11.5 Å². The van der Waals surface area contributed by atoms with Gasteiger partial charge in [0.15, 0.2) is 0 Å². The first kappa shape index (κ1) is 14.8. The number of aliphatic imine (C=N–C) groups is 1. The molecule has 0 unspecified atom stereocenters. The molecule has 0 saturated heterocycles. The van der Waals surface area contributed by atoms with Crippen molar-refractivity contribution in [2.75, 3.05) is 6.54 Å². The van der Waals surface area contributed by atoms with E-state index >= 15 is 0 Å². The third-order valence-electron chi connectivity index (χ3n) is 4.74. The normalized spacial score (nSPS) is 26.7. The van der Waals surface area contributed by atoms with Crippen molar-refractivity contribution >= 4 is 11.5 Å². The van der Waals surface area contributed by atoms with Crippen LogP contribution in [0.4, 0.5) is 0 Å². The number of hydrogen-bond acceptors (Lipinski definition) is 4. The lowest BCUT2D eigenvalue weighted by Gasteiger charge is -2.38. The summed E-state index contributed by atoms with van der Waals surface area (Å²) in [6.07, 6.45) is 6.27. The van der Waals surface area contributed by atoms with E-state index in [9.17, 15) is 0 Å². The maximum absolute atomic E-state index is 6.41. The van der Waals surface area contributed by atoms with Gasteiger partial charge in [-0.3, -0.25) is 0 Å². The van der Waals surface area contributed by atoms with E-state index in [-0.39, 0.29) is 0 Å². The van der Waals surface area contributed by atoms with Gasteiger partial charge in [0.1, 0.15) is 11.5 Å².